The van der Waals surface area contributed by atoms with Gasteiger partial charge >= 0.3 is 5.97 Å². The molecule has 66 valence electrons. The van der Waals surface area contributed by atoms with E-state index in [1.165, 1.54) is 0 Å². The van der Waals surface area contributed by atoms with Crippen molar-refractivity contribution in [3.8, 4) is 0 Å². The van der Waals surface area contributed by atoms with Crippen LogP contribution in [-0.2, 0) is 9.63 Å². The van der Waals surface area contributed by atoms with Crippen LogP contribution in [0.5, 0.6) is 0 Å². The minimum Gasteiger partial charge on any atom is -0.479 e. The molecule has 4 nitrogen and oxygen atoms in total. The molecule has 0 saturated carbocycles. The summed E-state index contributed by atoms with van der Waals surface area (Å²) in [7, 11) is 0. The SMILES string of the molecule is CCC(CC)NOCC(=O)O. The van der Waals surface area contributed by atoms with Crippen LogP contribution in [0.2, 0.25) is 0 Å². The van der Waals surface area contributed by atoms with Crippen LogP contribution in [0.3, 0.4) is 0 Å². The van der Waals surface area contributed by atoms with E-state index in [9.17, 15) is 4.79 Å². The average Bonchev–Trinajstić information content (AvgIpc) is 1.98. The first-order chi connectivity index (χ1) is 5.20. The Balaban J connectivity index is 3.28. The molecule has 0 aliphatic rings. The fourth-order valence-electron chi connectivity index (χ4n) is 0.677. The standard InChI is InChI=1S/C7H15NO3/c1-3-6(4-2)8-11-5-7(9)10/h6,8H,3-5H2,1-2H3,(H,9,10). The molecule has 0 heterocycles. The zero-order valence-corrected chi connectivity index (χ0v) is 6.96. The van der Waals surface area contributed by atoms with Gasteiger partial charge in [-0.1, -0.05) is 13.8 Å². The third-order valence-electron chi connectivity index (χ3n) is 1.43. The van der Waals surface area contributed by atoms with E-state index in [-0.39, 0.29) is 12.6 Å². The Morgan fingerprint density at radius 1 is 1.55 bits per heavy atom. The van der Waals surface area contributed by atoms with Crippen molar-refractivity contribution in [2.75, 3.05) is 6.61 Å². The third kappa shape index (κ3) is 5.82. The normalized spacial score (nSPS) is 10.5. The topological polar surface area (TPSA) is 58.6 Å². The molecule has 0 aromatic carbocycles. The zero-order chi connectivity index (χ0) is 8.69. The van der Waals surface area contributed by atoms with Crippen molar-refractivity contribution in [2.45, 2.75) is 32.7 Å². The first kappa shape index (κ1) is 10.4. The first-order valence-electron chi connectivity index (χ1n) is 3.79. The molecule has 0 rings (SSSR count). The second-order valence-corrected chi connectivity index (χ2v) is 2.31. The number of carboxylic acids is 1. The number of carboxylic acid groups (broad SMARTS) is 1. The van der Waals surface area contributed by atoms with E-state index in [4.69, 9.17) is 5.11 Å². The minimum absolute atomic E-state index is 0.259. The maximum absolute atomic E-state index is 9.99. The molecule has 11 heavy (non-hydrogen) atoms. The molecule has 0 aliphatic carbocycles. The molecule has 0 radical (unpaired) electrons. The first-order valence-corrected chi connectivity index (χ1v) is 3.79. The maximum atomic E-state index is 9.99. The number of carbonyl (C=O) groups is 1. The molecule has 0 fully saturated rings. The van der Waals surface area contributed by atoms with Gasteiger partial charge in [0.15, 0.2) is 6.61 Å². The van der Waals surface area contributed by atoms with E-state index < -0.39 is 5.97 Å². The Labute approximate surface area is 66.5 Å². The Morgan fingerprint density at radius 2 is 2.09 bits per heavy atom. The molecular weight excluding hydrogens is 146 g/mol. The number of rotatable bonds is 6. The quantitative estimate of drug-likeness (QED) is 0.565. The van der Waals surface area contributed by atoms with E-state index in [0.29, 0.717) is 0 Å². The van der Waals surface area contributed by atoms with Gasteiger partial charge in [0.2, 0.25) is 0 Å². The zero-order valence-electron chi connectivity index (χ0n) is 6.96. The molecule has 0 amide bonds. The van der Waals surface area contributed by atoms with Crippen molar-refractivity contribution in [1.82, 2.24) is 5.48 Å². The summed E-state index contributed by atoms with van der Waals surface area (Å²) in [6.45, 7) is 3.76. The molecule has 2 N–H and O–H groups in total. The Morgan fingerprint density at radius 3 is 2.45 bits per heavy atom. The van der Waals surface area contributed by atoms with Gasteiger partial charge in [-0.2, -0.15) is 5.48 Å². The number of aliphatic carboxylic acids is 1. The fourth-order valence-corrected chi connectivity index (χ4v) is 0.677. The van der Waals surface area contributed by atoms with Crippen molar-refractivity contribution < 1.29 is 14.7 Å². The lowest BCUT2D eigenvalue weighted by molar-refractivity contribution is -0.146. The molecule has 0 bridgehead atoms. The van der Waals surface area contributed by atoms with Gasteiger partial charge in [-0.15, -0.1) is 0 Å². The lowest BCUT2D eigenvalue weighted by Crippen LogP contribution is -2.29. The van der Waals surface area contributed by atoms with E-state index in [1.54, 1.807) is 0 Å². The Hall–Kier alpha value is -0.610. The molecule has 0 atom stereocenters. The fraction of sp³-hybridized carbons (Fsp3) is 0.857. The third-order valence-corrected chi connectivity index (χ3v) is 1.43. The molecule has 0 saturated heterocycles. The van der Waals surface area contributed by atoms with Gasteiger partial charge in [0.1, 0.15) is 0 Å². The summed E-state index contributed by atoms with van der Waals surface area (Å²) in [6, 6.07) is 0.259. The van der Waals surface area contributed by atoms with Gasteiger partial charge in [0, 0.05) is 6.04 Å². The predicted octanol–water partition coefficient (Wildman–Crippen LogP) is 0.781. The van der Waals surface area contributed by atoms with Gasteiger partial charge in [-0.05, 0) is 12.8 Å². The minimum atomic E-state index is -0.955. The molecule has 0 unspecified atom stereocenters. The van der Waals surface area contributed by atoms with Gasteiger partial charge in [0.25, 0.3) is 0 Å². The molecule has 4 heteroatoms. The van der Waals surface area contributed by atoms with E-state index in [2.05, 4.69) is 10.3 Å². The largest absolute Gasteiger partial charge is 0.479 e. The van der Waals surface area contributed by atoms with Gasteiger partial charge in [-0.3, -0.25) is 4.84 Å². The highest BCUT2D eigenvalue weighted by molar-refractivity contribution is 5.67. The predicted molar refractivity (Wildman–Crippen MR) is 41.1 cm³/mol. The van der Waals surface area contributed by atoms with Crippen molar-refractivity contribution in [1.29, 1.82) is 0 Å². The molecule has 0 aromatic heterocycles. The van der Waals surface area contributed by atoms with E-state index in [0.717, 1.165) is 12.8 Å². The van der Waals surface area contributed by atoms with Crippen LogP contribution >= 0.6 is 0 Å². The number of hydrogen-bond acceptors (Lipinski definition) is 3. The number of hydrogen-bond donors (Lipinski definition) is 2. The van der Waals surface area contributed by atoms with Crippen LogP contribution in [-0.4, -0.2) is 23.7 Å². The molecule has 0 aliphatic heterocycles. The summed E-state index contributed by atoms with van der Waals surface area (Å²) in [5, 5.41) is 8.21. The smallest absolute Gasteiger partial charge is 0.331 e. The summed E-state index contributed by atoms with van der Waals surface area (Å²) in [6.07, 6.45) is 1.88. The summed E-state index contributed by atoms with van der Waals surface area (Å²) in [5.41, 5.74) is 2.67. The van der Waals surface area contributed by atoms with Crippen molar-refractivity contribution >= 4 is 5.97 Å². The average molecular weight is 161 g/mol. The van der Waals surface area contributed by atoms with Crippen LogP contribution < -0.4 is 5.48 Å². The second kappa shape index (κ2) is 6.12. The highest BCUT2D eigenvalue weighted by atomic mass is 16.7. The maximum Gasteiger partial charge on any atom is 0.331 e. The van der Waals surface area contributed by atoms with Gasteiger partial charge < -0.3 is 5.11 Å². The lowest BCUT2D eigenvalue weighted by Gasteiger charge is -2.12. The van der Waals surface area contributed by atoms with Crippen LogP contribution in [0, 0.1) is 0 Å². The van der Waals surface area contributed by atoms with Crippen molar-refractivity contribution in [2.24, 2.45) is 0 Å². The highest BCUT2D eigenvalue weighted by Gasteiger charge is 2.02. The summed E-state index contributed by atoms with van der Waals surface area (Å²) in [5.74, 6) is -0.955. The van der Waals surface area contributed by atoms with Gasteiger partial charge in [0.05, 0.1) is 0 Å². The monoisotopic (exact) mass is 161 g/mol. The molecule has 0 spiro atoms. The van der Waals surface area contributed by atoms with Crippen LogP contribution in [0.25, 0.3) is 0 Å². The molecule has 0 aromatic rings. The van der Waals surface area contributed by atoms with Crippen molar-refractivity contribution in [3.63, 3.8) is 0 Å². The second-order valence-electron chi connectivity index (χ2n) is 2.31. The number of nitrogens with one attached hydrogen (secondary N) is 1. The van der Waals surface area contributed by atoms with Crippen LogP contribution in [0.15, 0.2) is 0 Å². The Bertz CT molecular complexity index is 112. The summed E-state index contributed by atoms with van der Waals surface area (Å²) >= 11 is 0. The van der Waals surface area contributed by atoms with Gasteiger partial charge in [-0.25, -0.2) is 4.79 Å². The van der Waals surface area contributed by atoms with Crippen LogP contribution in [0.1, 0.15) is 26.7 Å². The molecular formula is C7H15NO3. The summed E-state index contributed by atoms with van der Waals surface area (Å²) in [4.78, 5) is 14.7. The number of hydroxylamine groups is 1. The Kier molecular flexibility index (Phi) is 5.78. The summed E-state index contributed by atoms with van der Waals surface area (Å²) < 4.78 is 0. The van der Waals surface area contributed by atoms with E-state index in [1.807, 2.05) is 13.8 Å². The van der Waals surface area contributed by atoms with E-state index >= 15 is 0 Å². The highest BCUT2D eigenvalue weighted by Crippen LogP contribution is 1.94. The lowest BCUT2D eigenvalue weighted by atomic mass is 10.2. The van der Waals surface area contributed by atoms with Crippen molar-refractivity contribution in [3.05, 3.63) is 0 Å². The van der Waals surface area contributed by atoms with Crippen LogP contribution in [0.4, 0.5) is 0 Å².